The van der Waals surface area contributed by atoms with E-state index in [1.54, 1.807) is 0 Å². The van der Waals surface area contributed by atoms with Crippen LogP contribution in [0.25, 0.3) is 39.4 Å². The van der Waals surface area contributed by atoms with E-state index in [-0.39, 0.29) is 5.56 Å². The molecule has 31 heavy (non-hydrogen) atoms. The molecular formula is C23H21N7O. The van der Waals surface area contributed by atoms with Crippen molar-refractivity contribution >= 4 is 11.2 Å². The number of fused-ring (bicyclic) bond motifs is 1. The zero-order chi connectivity index (χ0) is 21.5. The summed E-state index contributed by atoms with van der Waals surface area (Å²) in [6.07, 6.45) is 0.748. The summed E-state index contributed by atoms with van der Waals surface area (Å²) in [6, 6.07) is 16.1. The Labute approximate surface area is 178 Å². The number of pyridine rings is 1. The van der Waals surface area contributed by atoms with Crippen LogP contribution in [0.3, 0.4) is 0 Å². The van der Waals surface area contributed by atoms with Crippen LogP contribution in [0.4, 0.5) is 0 Å². The lowest BCUT2D eigenvalue weighted by Crippen LogP contribution is -2.13. The highest BCUT2D eigenvalue weighted by Crippen LogP contribution is 2.31. The molecule has 154 valence electrons. The van der Waals surface area contributed by atoms with Crippen molar-refractivity contribution in [1.29, 1.82) is 0 Å². The van der Waals surface area contributed by atoms with E-state index >= 15 is 0 Å². The molecular weight excluding hydrogens is 390 g/mol. The molecule has 0 saturated heterocycles. The van der Waals surface area contributed by atoms with Gasteiger partial charge in [0.2, 0.25) is 5.82 Å². The first-order chi connectivity index (χ1) is 15.1. The average molecular weight is 411 g/mol. The van der Waals surface area contributed by atoms with Gasteiger partial charge in [-0.1, -0.05) is 43.3 Å². The maximum Gasteiger partial charge on any atom is 0.252 e. The Bertz CT molecular complexity index is 1440. The maximum absolute atomic E-state index is 12.4. The van der Waals surface area contributed by atoms with Gasteiger partial charge < -0.3 is 4.98 Å². The van der Waals surface area contributed by atoms with Crippen LogP contribution in [0, 0.1) is 13.8 Å². The zero-order valence-electron chi connectivity index (χ0n) is 17.5. The highest BCUT2D eigenvalue weighted by Gasteiger charge is 2.17. The van der Waals surface area contributed by atoms with E-state index in [0.29, 0.717) is 11.4 Å². The van der Waals surface area contributed by atoms with E-state index in [0.717, 1.165) is 51.4 Å². The van der Waals surface area contributed by atoms with Crippen LogP contribution in [0.15, 0.2) is 53.3 Å². The van der Waals surface area contributed by atoms with E-state index in [2.05, 4.69) is 44.7 Å². The van der Waals surface area contributed by atoms with Gasteiger partial charge in [0, 0.05) is 23.2 Å². The summed E-state index contributed by atoms with van der Waals surface area (Å²) in [5, 5.41) is 14.4. The van der Waals surface area contributed by atoms with Crippen molar-refractivity contribution in [2.45, 2.75) is 27.2 Å². The molecule has 0 bridgehead atoms. The van der Waals surface area contributed by atoms with E-state index in [9.17, 15) is 4.79 Å². The summed E-state index contributed by atoms with van der Waals surface area (Å²) in [5.74, 6) is 1.45. The highest BCUT2D eigenvalue weighted by atomic mass is 16.1. The molecule has 0 fully saturated rings. The minimum Gasteiger partial charge on any atom is -0.306 e. The van der Waals surface area contributed by atoms with Crippen LogP contribution in [-0.2, 0) is 6.42 Å². The number of benzene rings is 2. The van der Waals surface area contributed by atoms with Gasteiger partial charge >= 0.3 is 0 Å². The quantitative estimate of drug-likeness (QED) is 0.469. The topological polar surface area (TPSA) is 105 Å². The Balaban J connectivity index is 1.64. The maximum atomic E-state index is 12.4. The summed E-state index contributed by atoms with van der Waals surface area (Å²) in [6.45, 7) is 5.84. The highest BCUT2D eigenvalue weighted by molar-refractivity contribution is 5.82. The average Bonchev–Trinajstić information content (AvgIpc) is 3.46. The Kier molecular flexibility index (Phi) is 4.47. The molecule has 5 rings (SSSR count). The third-order valence-electron chi connectivity index (χ3n) is 5.70. The number of aryl methyl sites for hydroxylation is 2. The van der Waals surface area contributed by atoms with Crippen LogP contribution in [0.2, 0.25) is 0 Å². The first-order valence-corrected chi connectivity index (χ1v) is 10.1. The van der Waals surface area contributed by atoms with Gasteiger partial charge in [-0.3, -0.25) is 9.36 Å². The molecule has 0 aliphatic rings. The van der Waals surface area contributed by atoms with Gasteiger partial charge in [0.25, 0.3) is 5.56 Å². The predicted octanol–water partition coefficient (Wildman–Crippen LogP) is 3.74. The van der Waals surface area contributed by atoms with Crippen molar-refractivity contribution < 1.29 is 0 Å². The largest absolute Gasteiger partial charge is 0.306 e. The summed E-state index contributed by atoms with van der Waals surface area (Å²) < 4.78 is 2.03. The second kappa shape index (κ2) is 7.32. The molecule has 0 amide bonds. The number of nitrogens with zero attached hydrogens (tertiary/aromatic N) is 5. The minimum absolute atomic E-state index is 0.0838. The SMILES string of the molecule is CCc1nc2c(C)c(C)c(=O)[nH]c2n1-c1ccc(-c2ccccc2-c2nn[nH]n2)cc1. The van der Waals surface area contributed by atoms with Crippen LogP contribution in [-0.4, -0.2) is 35.2 Å². The molecule has 0 aliphatic heterocycles. The molecule has 3 aromatic heterocycles. The number of rotatable bonds is 4. The van der Waals surface area contributed by atoms with Gasteiger partial charge in [-0.2, -0.15) is 5.21 Å². The lowest BCUT2D eigenvalue weighted by atomic mass is 9.99. The van der Waals surface area contributed by atoms with Gasteiger partial charge in [-0.25, -0.2) is 4.98 Å². The molecule has 8 nitrogen and oxygen atoms in total. The lowest BCUT2D eigenvalue weighted by Gasteiger charge is -2.11. The second-order valence-corrected chi connectivity index (χ2v) is 7.45. The van der Waals surface area contributed by atoms with Gasteiger partial charge in [-0.15, -0.1) is 10.2 Å². The molecule has 2 aromatic carbocycles. The van der Waals surface area contributed by atoms with Crippen LogP contribution in [0.5, 0.6) is 0 Å². The first-order valence-electron chi connectivity index (χ1n) is 10.1. The molecule has 0 saturated carbocycles. The normalized spacial score (nSPS) is 11.3. The molecule has 2 N–H and O–H groups in total. The monoisotopic (exact) mass is 411 g/mol. The number of H-pyrrole nitrogens is 2. The first kappa shape index (κ1) is 18.9. The summed E-state index contributed by atoms with van der Waals surface area (Å²) in [5.41, 5.74) is 6.99. The molecule has 0 unspecified atom stereocenters. The number of imidazole rings is 1. The van der Waals surface area contributed by atoms with E-state index in [1.807, 2.05) is 54.8 Å². The summed E-state index contributed by atoms with van der Waals surface area (Å²) >= 11 is 0. The Hall–Kier alpha value is -4.07. The van der Waals surface area contributed by atoms with Crippen molar-refractivity contribution in [3.8, 4) is 28.2 Å². The Morgan fingerprint density at radius 1 is 0.968 bits per heavy atom. The van der Waals surface area contributed by atoms with Crippen molar-refractivity contribution in [2.24, 2.45) is 0 Å². The van der Waals surface area contributed by atoms with Crippen LogP contribution in [0.1, 0.15) is 23.9 Å². The third kappa shape index (κ3) is 3.04. The van der Waals surface area contributed by atoms with Crippen molar-refractivity contribution in [2.75, 3.05) is 0 Å². The standard InChI is InChI=1S/C23H21N7O/c1-4-19-24-20-13(2)14(3)23(31)25-22(20)30(19)16-11-9-15(10-12-16)17-7-5-6-8-18(17)21-26-28-29-27-21/h5-12H,4H2,1-3H3,(H,25,31)(H,26,27,28,29). The lowest BCUT2D eigenvalue weighted by molar-refractivity contribution is 0.881. The molecule has 0 radical (unpaired) electrons. The number of hydrogen-bond donors (Lipinski definition) is 2. The minimum atomic E-state index is -0.0838. The smallest absolute Gasteiger partial charge is 0.252 e. The van der Waals surface area contributed by atoms with Gasteiger partial charge in [0.15, 0.2) is 0 Å². The summed E-state index contributed by atoms with van der Waals surface area (Å²) in [4.78, 5) is 20.2. The van der Waals surface area contributed by atoms with Crippen LogP contribution < -0.4 is 5.56 Å². The number of aromatic amines is 2. The fraction of sp³-hybridized carbons (Fsp3) is 0.174. The van der Waals surface area contributed by atoms with Gasteiger partial charge in [0.05, 0.1) is 0 Å². The molecule has 0 atom stereocenters. The van der Waals surface area contributed by atoms with Crippen LogP contribution >= 0.6 is 0 Å². The third-order valence-corrected chi connectivity index (χ3v) is 5.70. The molecule has 3 heterocycles. The number of hydrogen-bond acceptors (Lipinski definition) is 5. The van der Waals surface area contributed by atoms with E-state index in [4.69, 9.17) is 4.98 Å². The number of nitrogens with one attached hydrogen (secondary N) is 2. The van der Waals surface area contributed by atoms with Gasteiger partial charge in [-0.05, 0) is 47.9 Å². The summed E-state index contributed by atoms with van der Waals surface area (Å²) in [7, 11) is 0. The van der Waals surface area contributed by atoms with Gasteiger partial charge in [0.1, 0.15) is 17.0 Å². The van der Waals surface area contributed by atoms with Crippen molar-refractivity contribution in [3.63, 3.8) is 0 Å². The Morgan fingerprint density at radius 3 is 2.39 bits per heavy atom. The molecule has 5 aromatic rings. The fourth-order valence-electron chi connectivity index (χ4n) is 3.90. The predicted molar refractivity (Wildman–Crippen MR) is 119 cm³/mol. The van der Waals surface area contributed by atoms with E-state index in [1.165, 1.54) is 0 Å². The number of tetrazole rings is 1. The Morgan fingerprint density at radius 2 is 1.71 bits per heavy atom. The molecule has 0 aliphatic carbocycles. The number of aromatic nitrogens is 7. The van der Waals surface area contributed by atoms with Crippen molar-refractivity contribution in [3.05, 3.63) is 75.8 Å². The molecule has 0 spiro atoms. The van der Waals surface area contributed by atoms with Crippen molar-refractivity contribution in [1.82, 2.24) is 35.2 Å². The fourth-order valence-corrected chi connectivity index (χ4v) is 3.90. The second-order valence-electron chi connectivity index (χ2n) is 7.45. The van der Waals surface area contributed by atoms with E-state index < -0.39 is 0 Å². The molecule has 8 heteroatoms. The zero-order valence-corrected chi connectivity index (χ0v) is 17.5.